The zero-order chi connectivity index (χ0) is 14.5. The summed E-state index contributed by atoms with van der Waals surface area (Å²) in [6.07, 6.45) is 1.40. The second-order valence-corrected chi connectivity index (χ2v) is 6.10. The molecule has 0 aliphatic heterocycles. The van der Waals surface area contributed by atoms with Gasteiger partial charge in [-0.05, 0) is 37.6 Å². The molecule has 0 unspecified atom stereocenters. The van der Waals surface area contributed by atoms with Crippen LogP contribution in [0.1, 0.15) is 32.3 Å². The molecular weight excluding hydrogens is 267 g/mol. The van der Waals surface area contributed by atoms with Crippen LogP contribution in [0.15, 0.2) is 23.1 Å². The number of nitrogens with one attached hydrogen (secondary N) is 2. The van der Waals surface area contributed by atoms with Crippen LogP contribution in [0.5, 0.6) is 0 Å². The van der Waals surface area contributed by atoms with Crippen molar-refractivity contribution in [1.29, 1.82) is 0 Å². The molecule has 1 aromatic carbocycles. The fourth-order valence-electron chi connectivity index (χ4n) is 1.85. The van der Waals surface area contributed by atoms with Gasteiger partial charge < -0.3 is 5.32 Å². The Kier molecular flexibility index (Phi) is 5.90. The Morgan fingerprint density at radius 2 is 1.89 bits per heavy atom. The summed E-state index contributed by atoms with van der Waals surface area (Å²) < 4.78 is 40.5. The van der Waals surface area contributed by atoms with Crippen molar-refractivity contribution >= 4 is 10.0 Å². The Bertz CT molecular complexity index is 513. The molecule has 0 radical (unpaired) electrons. The van der Waals surface area contributed by atoms with Crippen molar-refractivity contribution < 1.29 is 12.8 Å². The quantitative estimate of drug-likeness (QED) is 0.807. The van der Waals surface area contributed by atoms with E-state index in [2.05, 4.69) is 10.0 Å². The second-order valence-electron chi connectivity index (χ2n) is 4.42. The van der Waals surface area contributed by atoms with Gasteiger partial charge in [0.25, 0.3) is 0 Å². The third kappa shape index (κ3) is 4.26. The van der Waals surface area contributed by atoms with Crippen LogP contribution in [0.4, 0.5) is 4.39 Å². The van der Waals surface area contributed by atoms with Gasteiger partial charge in [0.1, 0.15) is 5.82 Å². The predicted octanol–water partition coefficient (Wildman–Crippen LogP) is 2.01. The Morgan fingerprint density at radius 1 is 1.26 bits per heavy atom. The molecule has 19 heavy (non-hydrogen) atoms. The van der Waals surface area contributed by atoms with E-state index < -0.39 is 15.8 Å². The maximum absolute atomic E-state index is 13.3. The smallest absolute Gasteiger partial charge is 0.241 e. The van der Waals surface area contributed by atoms with Crippen molar-refractivity contribution in [2.24, 2.45) is 0 Å². The largest absolute Gasteiger partial charge is 0.316 e. The molecule has 1 rings (SSSR count). The molecule has 0 aromatic heterocycles. The molecular formula is C13H21FN2O2S. The van der Waals surface area contributed by atoms with E-state index >= 15 is 0 Å². The van der Waals surface area contributed by atoms with E-state index in [4.69, 9.17) is 0 Å². The normalized spacial score (nSPS) is 12.1. The summed E-state index contributed by atoms with van der Waals surface area (Å²) in [5, 5.41) is 2.88. The average Bonchev–Trinajstić information content (AvgIpc) is 2.38. The summed E-state index contributed by atoms with van der Waals surface area (Å²) in [6, 6.07) is 3.70. The zero-order valence-electron chi connectivity index (χ0n) is 11.5. The lowest BCUT2D eigenvalue weighted by Gasteiger charge is -2.17. The van der Waals surface area contributed by atoms with Crippen molar-refractivity contribution in [2.75, 3.05) is 7.05 Å². The molecule has 0 heterocycles. The Morgan fingerprint density at radius 3 is 2.42 bits per heavy atom. The van der Waals surface area contributed by atoms with E-state index in [0.717, 1.165) is 6.07 Å². The first-order valence-corrected chi connectivity index (χ1v) is 7.88. The van der Waals surface area contributed by atoms with Gasteiger partial charge in [-0.2, -0.15) is 0 Å². The Labute approximate surface area is 114 Å². The molecule has 2 N–H and O–H groups in total. The molecule has 0 amide bonds. The summed E-state index contributed by atoms with van der Waals surface area (Å²) in [5.41, 5.74) is 0.558. The zero-order valence-corrected chi connectivity index (χ0v) is 12.3. The van der Waals surface area contributed by atoms with Crippen LogP contribution in [0.25, 0.3) is 0 Å². The number of rotatable bonds is 7. The van der Waals surface area contributed by atoms with Crippen LogP contribution in [0, 0.1) is 5.82 Å². The molecule has 0 aliphatic rings. The molecule has 0 aliphatic carbocycles. The fraction of sp³-hybridized carbons (Fsp3) is 0.538. The summed E-state index contributed by atoms with van der Waals surface area (Å²) in [5.74, 6) is -0.551. The van der Waals surface area contributed by atoms with Crippen molar-refractivity contribution in [2.45, 2.75) is 44.2 Å². The standard InChI is InChI=1S/C13H21FN2O2S/c1-4-12(5-2)16-19(17,18)13-8-11(14)7-6-10(13)9-15-3/h6-8,12,15-16H,4-5,9H2,1-3H3. The van der Waals surface area contributed by atoms with Crippen LogP contribution in [0.2, 0.25) is 0 Å². The minimum Gasteiger partial charge on any atom is -0.316 e. The maximum atomic E-state index is 13.3. The van der Waals surface area contributed by atoms with Crippen molar-refractivity contribution in [3.05, 3.63) is 29.6 Å². The fourth-order valence-corrected chi connectivity index (χ4v) is 3.51. The minimum absolute atomic E-state index is 0.00810. The lowest BCUT2D eigenvalue weighted by Crippen LogP contribution is -2.34. The highest BCUT2D eigenvalue weighted by atomic mass is 32.2. The second kappa shape index (κ2) is 6.98. The first-order chi connectivity index (χ1) is 8.94. The van der Waals surface area contributed by atoms with Crippen molar-refractivity contribution in [3.63, 3.8) is 0 Å². The molecule has 0 saturated carbocycles. The van der Waals surface area contributed by atoms with Gasteiger partial charge >= 0.3 is 0 Å². The summed E-state index contributed by atoms with van der Waals surface area (Å²) in [7, 11) is -1.97. The van der Waals surface area contributed by atoms with Gasteiger partial charge in [-0.3, -0.25) is 0 Å². The third-order valence-electron chi connectivity index (χ3n) is 2.99. The van der Waals surface area contributed by atoms with Crippen molar-refractivity contribution in [3.8, 4) is 0 Å². The van der Waals surface area contributed by atoms with Gasteiger partial charge in [-0.25, -0.2) is 17.5 Å². The molecule has 0 fully saturated rings. The van der Waals surface area contributed by atoms with Gasteiger partial charge in [0, 0.05) is 12.6 Å². The maximum Gasteiger partial charge on any atom is 0.241 e. The van der Waals surface area contributed by atoms with Gasteiger partial charge in [0.2, 0.25) is 10.0 Å². The first kappa shape index (κ1) is 16.1. The highest BCUT2D eigenvalue weighted by Crippen LogP contribution is 2.18. The van der Waals surface area contributed by atoms with Crippen LogP contribution in [-0.4, -0.2) is 21.5 Å². The first-order valence-electron chi connectivity index (χ1n) is 6.40. The predicted molar refractivity (Wildman–Crippen MR) is 73.9 cm³/mol. The van der Waals surface area contributed by atoms with Gasteiger partial charge in [0.15, 0.2) is 0 Å². The molecule has 0 bridgehead atoms. The van der Waals surface area contributed by atoms with E-state index in [1.165, 1.54) is 12.1 Å². The Balaban J connectivity index is 3.15. The molecule has 0 atom stereocenters. The van der Waals surface area contributed by atoms with Gasteiger partial charge in [-0.1, -0.05) is 19.9 Å². The SMILES string of the molecule is CCC(CC)NS(=O)(=O)c1cc(F)ccc1CNC. The highest BCUT2D eigenvalue weighted by Gasteiger charge is 2.21. The molecule has 6 heteroatoms. The molecule has 0 saturated heterocycles. The topological polar surface area (TPSA) is 58.2 Å². The van der Waals surface area contributed by atoms with Crippen LogP contribution in [0.3, 0.4) is 0 Å². The molecule has 4 nitrogen and oxygen atoms in total. The van der Waals surface area contributed by atoms with Gasteiger partial charge in [0.05, 0.1) is 4.90 Å². The van der Waals surface area contributed by atoms with E-state index in [1.807, 2.05) is 13.8 Å². The van der Waals surface area contributed by atoms with Crippen LogP contribution >= 0.6 is 0 Å². The summed E-state index contributed by atoms with van der Waals surface area (Å²) in [4.78, 5) is 0.00810. The Hall–Kier alpha value is -0.980. The van der Waals surface area contributed by atoms with E-state index in [1.54, 1.807) is 7.05 Å². The van der Waals surface area contributed by atoms with E-state index in [9.17, 15) is 12.8 Å². The number of halogens is 1. The van der Waals surface area contributed by atoms with E-state index in [-0.39, 0.29) is 10.9 Å². The highest BCUT2D eigenvalue weighted by molar-refractivity contribution is 7.89. The number of benzene rings is 1. The molecule has 108 valence electrons. The van der Waals surface area contributed by atoms with Gasteiger partial charge in [-0.15, -0.1) is 0 Å². The number of sulfonamides is 1. The summed E-state index contributed by atoms with van der Waals surface area (Å²) >= 11 is 0. The van der Waals surface area contributed by atoms with Crippen molar-refractivity contribution in [1.82, 2.24) is 10.0 Å². The molecule has 0 spiro atoms. The number of hydrogen-bond acceptors (Lipinski definition) is 3. The lowest BCUT2D eigenvalue weighted by molar-refractivity contribution is 0.527. The molecule has 1 aromatic rings. The summed E-state index contributed by atoms with van der Waals surface area (Å²) in [6.45, 7) is 4.20. The third-order valence-corrected chi connectivity index (χ3v) is 4.60. The minimum atomic E-state index is -3.69. The van der Waals surface area contributed by atoms with Crippen LogP contribution in [-0.2, 0) is 16.6 Å². The lowest BCUT2D eigenvalue weighted by atomic mass is 10.2. The number of hydrogen-bond donors (Lipinski definition) is 2. The van der Waals surface area contributed by atoms with Crippen LogP contribution < -0.4 is 10.0 Å². The monoisotopic (exact) mass is 288 g/mol. The van der Waals surface area contributed by atoms with E-state index in [0.29, 0.717) is 24.9 Å². The average molecular weight is 288 g/mol.